The molecule has 5 heteroatoms. The molecule has 5 nitrogen and oxygen atoms in total. The summed E-state index contributed by atoms with van der Waals surface area (Å²) in [5.41, 5.74) is 0. The summed E-state index contributed by atoms with van der Waals surface area (Å²) in [6, 6.07) is 1.10. The van der Waals surface area contributed by atoms with Crippen molar-refractivity contribution in [3.8, 4) is 0 Å². The molecular formula is C15H26N2O3. The molecule has 0 spiro atoms. The van der Waals surface area contributed by atoms with Gasteiger partial charge >= 0.3 is 0 Å². The van der Waals surface area contributed by atoms with Crippen LogP contribution in [-0.4, -0.2) is 61.4 Å². The van der Waals surface area contributed by atoms with Gasteiger partial charge in [0.15, 0.2) is 0 Å². The third-order valence-corrected chi connectivity index (χ3v) is 4.74. The Bertz CT molecular complexity index is 344. The summed E-state index contributed by atoms with van der Waals surface area (Å²) in [7, 11) is 0. The van der Waals surface area contributed by atoms with Gasteiger partial charge in [0.05, 0.1) is 12.7 Å². The molecule has 2 bridgehead atoms. The minimum absolute atomic E-state index is 0.136. The first-order valence-corrected chi connectivity index (χ1v) is 8.00. The molecule has 0 saturated carbocycles. The summed E-state index contributed by atoms with van der Waals surface area (Å²) >= 11 is 0. The lowest BCUT2D eigenvalue weighted by atomic mass is 10.1. The minimum atomic E-state index is -0.351. The number of fused-ring (bicyclic) bond motifs is 2. The van der Waals surface area contributed by atoms with Crippen molar-refractivity contribution < 1.29 is 14.3 Å². The highest BCUT2D eigenvalue weighted by Crippen LogP contribution is 2.21. The Hall–Kier alpha value is -0.650. The number of nitrogens with zero attached hydrogens (tertiary/aromatic N) is 1. The van der Waals surface area contributed by atoms with Crippen molar-refractivity contribution >= 4 is 5.91 Å². The van der Waals surface area contributed by atoms with Crippen LogP contribution in [0.1, 0.15) is 39.0 Å². The van der Waals surface area contributed by atoms with E-state index in [0.717, 1.165) is 39.0 Å². The highest BCUT2D eigenvalue weighted by atomic mass is 16.5. The van der Waals surface area contributed by atoms with E-state index in [4.69, 9.17) is 9.47 Å². The number of carbonyl (C=O) groups excluding carboxylic acids is 1. The molecule has 3 fully saturated rings. The van der Waals surface area contributed by atoms with E-state index in [-0.39, 0.29) is 18.1 Å². The van der Waals surface area contributed by atoms with Crippen LogP contribution in [-0.2, 0) is 14.3 Å². The van der Waals surface area contributed by atoms with Crippen LogP contribution in [0.15, 0.2) is 0 Å². The molecule has 0 aromatic rings. The second-order valence-corrected chi connectivity index (χ2v) is 6.32. The summed E-state index contributed by atoms with van der Waals surface area (Å²) in [5, 5.41) is 3.60. The number of hydrogen-bond acceptors (Lipinski definition) is 4. The molecular weight excluding hydrogens is 256 g/mol. The monoisotopic (exact) mass is 282 g/mol. The Balaban J connectivity index is 1.46. The fourth-order valence-electron chi connectivity index (χ4n) is 3.50. The molecule has 0 radical (unpaired) electrons. The predicted molar refractivity (Wildman–Crippen MR) is 75.5 cm³/mol. The number of ether oxygens (including phenoxy) is 2. The molecule has 0 aromatic carbocycles. The lowest BCUT2D eigenvalue weighted by Crippen LogP contribution is -2.44. The van der Waals surface area contributed by atoms with Gasteiger partial charge in [0.1, 0.15) is 6.10 Å². The maximum atomic E-state index is 12.5. The zero-order valence-corrected chi connectivity index (χ0v) is 12.3. The van der Waals surface area contributed by atoms with Gasteiger partial charge in [-0.25, -0.2) is 0 Å². The molecule has 4 atom stereocenters. The fraction of sp³-hybridized carbons (Fsp3) is 0.933. The van der Waals surface area contributed by atoms with Crippen molar-refractivity contribution in [2.75, 3.05) is 26.3 Å². The topological polar surface area (TPSA) is 50.8 Å². The predicted octanol–water partition coefficient (Wildman–Crippen LogP) is 0.923. The Kier molecular flexibility index (Phi) is 4.58. The summed E-state index contributed by atoms with van der Waals surface area (Å²) in [5.74, 6) is 0.136. The van der Waals surface area contributed by atoms with Gasteiger partial charge in [-0.2, -0.15) is 0 Å². The summed E-state index contributed by atoms with van der Waals surface area (Å²) in [4.78, 5) is 14.4. The molecule has 1 amide bonds. The summed E-state index contributed by atoms with van der Waals surface area (Å²) < 4.78 is 11.3. The highest BCUT2D eigenvalue weighted by molar-refractivity contribution is 5.80. The van der Waals surface area contributed by atoms with E-state index < -0.39 is 0 Å². The van der Waals surface area contributed by atoms with E-state index in [1.165, 1.54) is 12.8 Å². The van der Waals surface area contributed by atoms with Gasteiger partial charge in [-0.1, -0.05) is 0 Å². The molecule has 1 N–H and O–H groups in total. The van der Waals surface area contributed by atoms with E-state index in [1.807, 2.05) is 11.8 Å². The van der Waals surface area contributed by atoms with Crippen LogP contribution < -0.4 is 5.32 Å². The van der Waals surface area contributed by atoms with Crippen LogP contribution in [0.3, 0.4) is 0 Å². The molecule has 20 heavy (non-hydrogen) atoms. The second-order valence-electron chi connectivity index (χ2n) is 6.32. The third-order valence-electron chi connectivity index (χ3n) is 4.74. The van der Waals surface area contributed by atoms with Gasteiger partial charge in [-0.05, 0) is 39.0 Å². The fourth-order valence-corrected chi connectivity index (χ4v) is 3.50. The van der Waals surface area contributed by atoms with Crippen molar-refractivity contribution in [1.82, 2.24) is 10.2 Å². The van der Waals surface area contributed by atoms with Crippen LogP contribution >= 0.6 is 0 Å². The Morgan fingerprint density at radius 3 is 3.00 bits per heavy atom. The standard InChI is InChI=1S/C15H26N2O3/c1-11(20-10-14-3-2-8-19-14)15(18)17-7-6-12-4-5-13(9-17)16-12/h11-14,16H,2-10H2,1H3. The normalized spacial score (nSPS) is 35.0. The number of rotatable bonds is 4. The van der Waals surface area contributed by atoms with Crippen molar-refractivity contribution in [1.29, 1.82) is 0 Å². The first-order chi connectivity index (χ1) is 9.72. The van der Waals surface area contributed by atoms with Gasteiger partial charge in [-0.3, -0.25) is 4.79 Å². The molecule has 114 valence electrons. The first-order valence-electron chi connectivity index (χ1n) is 8.00. The molecule has 3 heterocycles. The SMILES string of the molecule is CC(OCC1CCCO1)C(=O)N1CCC2CCC(C1)N2. The average Bonchev–Trinajstić information content (AvgIpc) is 3.05. The van der Waals surface area contributed by atoms with Gasteiger partial charge in [0, 0.05) is 31.8 Å². The maximum Gasteiger partial charge on any atom is 0.251 e. The van der Waals surface area contributed by atoms with Crippen molar-refractivity contribution in [2.45, 2.75) is 63.3 Å². The molecule has 3 aliphatic rings. The first kappa shape index (κ1) is 14.3. The molecule has 3 aliphatic heterocycles. The van der Waals surface area contributed by atoms with Crippen LogP contribution in [0.25, 0.3) is 0 Å². The Morgan fingerprint density at radius 2 is 2.20 bits per heavy atom. The Morgan fingerprint density at radius 1 is 1.35 bits per heavy atom. The van der Waals surface area contributed by atoms with Crippen LogP contribution in [0.2, 0.25) is 0 Å². The number of likely N-dealkylation sites (tertiary alicyclic amines) is 1. The maximum absolute atomic E-state index is 12.5. The summed E-state index contributed by atoms with van der Waals surface area (Å²) in [6.45, 7) is 4.94. The Labute approximate surface area is 121 Å². The number of hydrogen-bond donors (Lipinski definition) is 1. The van der Waals surface area contributed by atoms with E-state index in [0.29, 0.717) is 18.7 Å². The second kappa shape index (κ2) is 6.41. The molecule has 4 unspecified atom stereocenters. The van der Waals surface area contributed by atoms with Crippen molar-refractivity contribution in [2.24, 2.45) is 0 Å². The molecule has 3 saturated heterocycles. The smallest absolute Gasteiger partial charge is 0.251 e. The van der Waals surface area contributed by atoms with Crippen LogP contribution in [0.4, 0.5) is 0 Å². The van der Waals surface area contributed by atoms with Crippen LogP contribution in [0.5, 0.6) is 0 Å². The quantitative estimate of drug-likeness (QED) is 0.833. The lowest BCUT2D eigenvalue weighted by molar-refractivity contribution is -0.144. The van der Waals surface area contributed by atoms with Crippen molar-refractivity contribution in [3.05, 3.63) is 0 Å². The van der Waals surface area contributed by atoms with E-state index in [1.54, 1.807) is 0 Å². The lowest BCUT2D eigenvalue weighted by Gasteiger charge is -2.27. The number of amides is 1. The van der Waals surface area contributed by atoms with E-state index in [2.05, 4.69) is 5.32 Å². The van der Waals surface area contributed by atoms with Gasteiger partial charge in [0.25, 0.3) is 5.91 Å². The van der Waals surface area contributed by atoms with Crippen molar-refractivity contribution in [3.63, 3.8) is 0 Å². The third kappa shape index (κ3) is 3.32. The number of nitrogens with one attached hydrogen (secondary N) is 1. The van der Waals surface area contributed by atoms with Gasteiger partial charge in [0.2, 0.25) is 0 Å². The highest BCUT2D eigenvalue weighted by Gasteiger charge is 2.33. The minimum Gasteiger partial charge on any atom is -0.376 e. The zero-order valence-electron chi connectivity index (χ0n) is 12.3. The molecule has 0 aromatic heterocycles. The summed E-state index contributed by atoms with van der Waals surface area (Å²) in [6.07, 6.45) is 5.52. The van der Waals surface area contributed by atoms with Gasteiger partial charge in [-0.15, -0.1) is 0 Å². The van der Waals surface area contributed by atoms with Gasteiger partial charge < -0.3 is 19.7 Å². The average molecular weight is 282 g/mol. The zero-order chi connectivity index (χ0) is 13.9. The van der Waals surface area contributed by atoms with E-state index >= 15 is 0 Å². The molecule has 3 rings (SSSR count). The van der Waals surface area contributed by atoms with E-state index in [9.17, 15) is 4.79 Å². The largest absolute Gasteiger partial charge is 0.376 e. The molecule has 0 aliphatic carbocycles. The number of carbonyl (C=O) groups is 1. The van der Waals surface area contributed by atoms with Crippen LogP contribution in [0, 0.1) is 0 Å².